The minimum Gasteiger partial charge on any atom is -0.497 e. The summed E-state index contributed by atoms with van der Waals surface area (Å²) < 4.78 is 5.27. The fraction of sp³-hybridized carbons (Fsp3) is 0.152. The number of carbonyl (C=O) groups is 3. The largest absolute Gasteiger partial charge is 0.497 e. The lowest BCUT2D eigenvalue weighted by atomic mass is 9.63. The third kappa shape index (κ3) is 3.36. The molecule has 0 amide bonds. The molecule has 3 atom stereocenters. The molecular formula is C33H23N3O6. The van der Waals surface area contributed by atoms with Crippen LogP contribution in [0.4, 0.5) is 5.69 Å². The molecule has 0 saturated carbocycles. The first-order valence-electron chi connectivity index (χ1n) is 13.4. The second-order valence-electron chi connectivity index (χ2n) is 10.6. The highest BCUT2D eigenvalue weighted by atomic mass is 16.6. The zero-order chi connectivity index (χ0) is 29.2. The van der Waals surface area contributed by atoms with Crippen LogP contribution in [-0.2, 0) is 0 Å². The molecule has 2 heterocycles. The topological polar surface area (TPSA) is 119 Å². The molecule has 9 nitrogen and oxygen atoms in total. The Morgan fingerprint density at radius 3 is 2.24 bits per heavy atom. The lowest BCUT2D eigenvalue weighted by Gasteiger charge is -2.36. The molecule has 0 bridgehead atoms. The summed E-state index contributed by atoms with van der Waals surface area (Å²) in [5.41, 5.74) is 0.601. The van der Waals surface area contributed by atoms with Gasteiger partial charge >= 0.3 is 0 Å². The van der Waals surface area contributed by atoms with Crippen molar-refractivity contribution in [2.75, 3.05) is 7.11 Å². The van der Waals surface area contributed by atoms with Gasteiger partial charge in [0.05, 0.1) is 24.3 Å². The molecule has 0 N–H and O–H groups in total. The standard InChI is InChI=1S/C33H23N3O6/c1-42-23-15-13-19(14-16-23)29(37)28-27(20-8-6-9-22(17-20)36(40)41)33(31(38)25-11-4-5-12-26(25)32(33)39)30-24-10-3-2-7-21(24)18-34-35(28)30/h2-18,27-28,30H,1H3/t27-,28-,30-/m1/s1. The van der Waals surface area contributed by atoms with E-state index in [2.05, 4.69) is 0 Å². The van der Waals surface area contributed by atoms with Crippen LogP contribution in [0.5, 0.6) is 5.75 Å². The Hall–Kier alpha value is -5.44. The third-order valence-corrected chi connectivity index (χ3v) is 8.66. The number of methoxy groups -OCH3 is 1. The van der Waals surface area contributed by atoms with Crippen LogP contribution < -0.4 is 4.74 Å². The summed E-state index contributed by atoms with van der Waals surface area (Å²) in [6, 6.07) is 24.4. The Morgan fingerprint density at radius 1 is 0.905 bits per heavy atom. The van der Waals surface area contributed by atoms with Gasteiger partial charge in [0.25, 0.3) is 5.69 Å². The van der Waals surface area contributed by atoms with E-state index in [0.29, 0.717) is 22.4 Å². The number of nitro benzene ring substituents is 1. The number of hydrazone groups is 1. The molecule has 1 spiro atoms. The van der Waals surface area contributed by atoms with E-state index in [9.17, 15) is 24.5 Å². The van der Waals surface area contributed by atoms with Crippen LogP contribution in [0.1, 0.15) is 59.7 Å². The van der Waals surface area contributed by atoms with Crippen LogP contribution in [0, 0.1) is 15.5 Å². The zero-order valence-corrected chi connectivity index (χ0v) is 22.3. The molecule has 9 heteroatoms. The number of nitro groups is 1. The van der Waals surface area contributed by atoms with Crippen molar-refractivity contribution in [2.45, 2.75) is 18.0 Å². The van der Waals surface area contributed by atoms with E-state index >= 15 is 0 Å². The van der Waals surface area contributed by atoms with Gasteiger partial charge in [-0.1, -0.05) is 60.7 Å². The monoisotopic (exact) mass is 557 g/mol. The Balaban J connectivity index is 1.54. The number of carbonyl (C=O) groups excluding carboxylic acids is 3. The number of fused-ring (bicyclic) bond motifs is 5. The van der Waals surface area contributed by atoms with Crippen LogP contribution >= 0.6 is 0 Å². The number of Topliss-reactive ketones (excluding diaryl/α,β-unsaturated/α-hetero) is 3. The number of hydrogen-bond acceptors (Lipinski definition) is 8. The molecule has 3 aliphatic rings. The van der Waals surface area contributed by atoms with E-state index in [1.165, 1.54) is 25.3 Å². The van der Waals surface area contributed by atoms with Gasteiger partial charge in [-0.25, -0.2) is 0 Å². The minimum absolute atomic E-state index is 0.206. The summed E-state index contributed by atoms with van der Waals surface area (Å²) in [5.74, 6) is -1.75. The summed E-state index contributed by atoms with van der Waals surface area (Å²) in [6.45, 7) is 0. The lowest BCUT2D eigenvalue weighted by molar-refractivity contribution is -0.384. The van der Waals surface area contributed by atoms with Crippen molar-refractivity contribution in [3.05, 3.63) is 141 Å². The highest BCUT2D eigenvalue weighted by Gasteiger charge is 2.72. The molecule has 1 aliphatic carbocycles. The summed E-state index contributed by atoms with van der Waals surface area (Å²) in [4.78, 5) is 55.3. The van der Waals surface area contributed by atoms with Crippen molar-refractivity contribution in [2.24, 2.45) is 10.5 Å². The molecule has 7 rings (SSSR count). The molecule has 0 aromatic heterocycles. The van der Waals surface area contributed by atoms with E-state index in [1.54, 1.807) is 65.8 Å². The van der Waals surface area contributed by atoms with Gasteiger partial charge in [0.15, 0.2) is 17.3 Å². The van der Waals surface area contributed by atoms with Crippen LogP contribution in [0.15, 0.2) is 102 Å². The molecule has 0 radical (unpaired) electrons. The van der Waals surface area contributed by atoms with Gasteiger partial charge in [-0.3, -0.25) is 29.5 Å². The van der Waals surface area contributed by atoms with Gasteiger partial charge in [0.2, 0.25) is 0 Å². The average Bonchev–Trinajstić information content (AvgIpc) is 3.47. The molecular weight excluding hydrogens is 534 g/mol. The quantitative estimate of drug-likeness (QED) is 0.139. The number of benzene rings is 4. The second-order valence-corrected chi connectivity index (χ2v) is 10.6. The first kappa shape index (κ1) is 25.5. The summed E-state index contributed by atoms with van der Waals surface area (Å²) in [6.07, 6.45) is 1.63. The predicted molar refractivity (Wildman–Crippen MR) is 153 cm³/mol. The van der Waals surface area contributed by atoms with Crippen molar-refractivity contribution in [1.29, 1.82) is 0 Å². The predicted octanol–water partition coefficient (Wildman–Crippen LogP) is 5.41. The fourth-order valence-electron chi connectivity index (χ4n) is 6.91. The van der Waals surface area contributed by atoms with Crippen LogP contribution in [0.3, 0.4) is 0 Å². The van der Waals surface area contributed by atoms with Crippen LogP contribution in [-0.4, -0.2) is 46.6 Å². The van der Waals surface area contributed by atoms with Gasteiger partial charge in [0.1, 0.15) is 17.2 Å². The Bertz CT molecular complexity index is 1810. The Kier molecular flexibility index (Phi) is 5.65. The molecule has 4 aromatic carbocycles. The maximum Gasteiger partial charge on any atom is 0.269 e. The molecule has 42 heavy (non-hydrogen) atoms. The van der Waals surface area contributed by atoms with E-state index < -0.39 is 39.9 Å². The Morgan fingerprint density at radius 2 is 1.57 bits per heavy atom. The van der Waals surface area contributed by atoms with Crippen molar-refractivity contribution in [3.8, 4) is 5.75 Å². The SMILES string of the molecule is COc1ccc(C(=O)[C@H]2[C@@H](c3cccc([N+](=O)[O-])c3)C3(C(=O)c4ccccc4C3=O)[C@H]3c4ccccc4C=NN23)cc1. The maximum absolute atomic E-state index is 14.7. The molecule has 1 fully saturated rings. The fourth-order valence-corrected chi connectivity index (χ4v) is 6.91. The number of ether oxygens (including phenoxy) is 1. The van der Waals surface area contributed by atoms with E-state index in [0.717, 1.165) is 5.56 Å². The van der Waals surface area contributed by atoms with Crippen molar-refractivity contribution >= 4 is 29.3 Å². The molecule has 1 saturated heterocycles. The lowest BCUT2D eigenvalue weighted by Crippen LogP contribution is -2.43. The zero-order valence-electron chi connectivity index (χ0n) is 22.3. The first-order valence-corrected chi connectivity index (χ1v) is 13.4. The molecule has 206 valence electrons. The van der Waals surface area contributed by atoms with Gasteiger partial charge in [-0.15, -0.1) is 0 Å². The van der Waals surface area contributed by atoms with E-state index in [-0.39, 0.29) is 22.6 Å². The summed E-state index contributed by atoms with van der Waals surface area (Å²) in [7, 11) is 1.52. The number of nitrogens with zero attached hydrogens (tertiary/aromatic N) is 3. The molecule has 4 aromatic rings. The first-order chi connectivity index (χ1) is 20.4. The van der Waals surface area contributed by atoms with Crippen molar-refractivity contribution in [3.63, 3.8) is 0 Å². The van der Waals surface area contributed by atoms with Gasteiger partial charge in [-0.2, -0.15) is 5.10 Å². The normalized spacial score (nSPS) is 21.2. The smallest absolute Gasteiger partial charge is 0.269 e. The second kappa shape index (κ2) is 9.31. The van der Waals surface area contributed by atoms with Crippen molar-refractivity contribution < 1.29 is 24.0 Å². The summed E-state index contributed by atoms with van der Waals surface area (Å²) >= 11 is 0. The highest BCUT2D eigenvalue weighted by molar-refractivity contribution is 6.31. The number of hydrogen-bond donors (Lipinski definition) is 0. The number of non-ortho nitro benzene ring substituents is 1. The van der Waals surface area contributed by atoms with Crippen LogP contribution in [0.2, 0.25) is 0 Å². The van der Waals surface area contributed by atoms with E-state index in [4.69, 9.17) is 9.84 Å². The van der Waals surface area contributed by atoms with Gasteiger partial charge in [0, 0.05) is 34.7 Å². The van der Waals surface area contributed by atoms with Crippen molar-refractivity contribution in [1.82, 2.24) is 5.01 Å². The Labute approximate surface area is 240 Å². The molecule has 0 unspecified atom stereocenters. The average molecular weight is 558 g/mol. The number of rotatable bonds is 5. The highest BCUT2D eigenvalue weighted by Crippen LogP contribution is 2.64. The number of ketones is 3. The third-order valence-electron chi connectivity index (χ3n) is 8.66. The van der Waals surface area contributed by atoms with Gasteiger partial charge < -0.3 is 4.74 Å². The molecule has 2 aliphatic heterocycles. The minimum atomic E-state index is -1.81. The van der Waals surface area contributed by atoms with Gasteiger partial charge in [-0.05, 0) is 41.0 Å². The van der Waals surface area contributed by atoms with E-state index in [1.807, 2.05) is 24.3 Å². The maximum atomic E-state index is 14.7. The van der Waals surface area contributed by atoms with Crippen LogP contribution in [0.25, 0.3) is 0 Å². The summed E-state index contributed by atoms with van der Waals surface area (Å²) in [5, 5.41) is 18.1.